The van der Waals surface area contributed by atoms with Gasteiger partial charge < -0.3 is 15.8 Å². The van der Waals surface area contributed by atoms with Crippen molar-refractivity contribution in [1.29, 1.82) is 0 Å². The molecular weight excluding hydrogens is 276 g/mol. The average Bonchev–Trinajstić information content (AvgIpc) is 3.25. The van der Waals surface area contributed by atoms with Gasteiger partial charge in [-0.15, -0.1) is 0 Å². The van der Waals surface area contributed by atoms with Crippen molar-refractivity contribution in [3.8, 4) is 5.75 Å². The van der Waals surface area contributed by atoms with Gasteiger partial charge in [-0.05, 0) is 50.1 Å². The zero-order valence-electron chi connectivity index (χ0n) is 13.1. The van der Waals surface area contributed by atoms with Crippen LogP contribution in [0.15, 0.2) is 24.3 Å². The van der Waals surface area contributed by atoms with E-state index in [4.69, 9.17) is 10.5 Å². The molecule has 2 atom stereocenters. The molecular formula is C18H26N2O2. The van der Waals surface area contributed by atoms with Gasteiger partial charge in [0.1, 0.15) is 5.75 Å². The molecule has 0 spiro atoms. The Labute approximate surface area is 132 Å². The van der Waals surface area contributed by atoms with Crippen LogP contribution in [0.4, 0.5) is 0 Å². The maximum atomic E-state index is 12.4. The fourth-order valence-electron chi connectivity index (χ4n) is 3.26. The van der Waals surface area contributed by atoms with Crippen molar-refractivity contribution in [2.45, 2.75) is 38.6 Å². The van der Waals surface area contributed by atoms with Crippen LogP contribution in [-0.4, -0.2) is 19.1 Å². The second-order valence-electron chi connectivity index (χ2n) is 6.61. The molecule has 1 aromatic carbocycles. The largest absolute Gasteiger partial charge is 0.493 e. The summed E-state index contributed by atoms with van der Waals surface area (Å²) < 4.78 is 5.89. The monoisotopic (exact) mass is 302 g/mol. The van der Waals surface area contributed by atoms with Crippen LogP contribution in [0.1, 0.15) is 37.7 Å². The molecule has 1 aromatic rings. The number of nitrogens with one attached hydrogen (secondary N) is 1. The first kappa shape index (κ1) is 15.3. The molecule has 0 radical (unpaired) electrons. The van der Waals surface area contributed by atoms with Crippen molar-refractivity contribution in [3.05, 3.63) is 29.8 Å². The van der Waals surface area contributed by atoms with E-state index in [2.05, 4.69) is 5.32 Å². The lowest BCUT2D eigenvalue weighted by atomic mass is 9.95. The normalized spacial score (nSPS) is 24.2. The van der Waals surface area contributed by atoms with Crippen LogP contribution in [0.5, 0.6) is 5.75 Å². The van der Waals surface area contributed by atoms with Gasteiger partial charge in [-0.2, -0.15) is 0 Å². The van der Waals surface area contributed by atoms with E-state index in [0.717, 1.165) is 43.1 Å². The summed E-state index contributed by atoms with van der Waals surface area (Å²) in [6, 6.07) is 7.98. The van der Waals surface area contributed by atoms with E-state index in [9.17, 15) is 4.79 Å². The number of amides is 1. The minimum atomic E-state index is 0.0875. The highest BCUT2D eigenvalue weighted by Crippen LogP contribution is 2.32. The van der Waals surface area contributed by atoms with Crippen molar-refractivity contribution in [1.82, 2.24) is 5.32 Å². The van der Waals surface area contributed by atoms with Crippen LogP contribution in [-0.2, 0) is 11.3 Å². The lowest BCUT2D eigenvalue weighted by Crippen LogP contribution is -2.34. The third-order valence-corrected chi connectivity index (χ3v) is 4.90. The number of ether oxygens (including phenoxy) is 1. The van der Waals surface area contributed by atoms with Crippen molar-refractivity contribution in [3.63, 3.8) is 0 Å². The van der Waals surface area contributed by atoms with Crippen LogP contribution < -0.4 is 15.8 Å². The van der Waals surface area contributed by atoms with Crippen molar-refractivity contribution >= 4 is 5.91 Å². The third kappa shape index (κ3) is 3.80. The van der Waals surface area contributed by atoms with Crippen molar-refractivity contribution < 1.29 is 9.53 Å². The van der Waals surface area contributed by atoms with E-state index in [1.807, 2.05) is 24.3 Å². The summed E-state index contributed by atoms with van der Waals surface area (Å²) in [7, 11) is 0. The van der Waals surface area contributed by atoms with Gasteiger partial charge in [0.15, 0.2) is 0 Å². The van der Waals surface area contributed by atoms with Gasteiger partial charge in [0.05, 0.1) is 6.61 Å². The number of hydrogen-bond acceptors (Lipinski definition) is 3. The van der Waals surface area contributed by atoms with E-state index >= 15 is 0 Å². The molecule has 4 nitrogen and oxygen atoms in total. The molecule has 2 fully saturated rings. The first-order valence-corrected chi connectivity index (χ1v) is 8.46. The average molecular weight is 302 g/mol. The van der Waals surface area contributed by atoms with Crippen LogP contribution >= 0.6 is 0 Å². The van der Waals surface area contributed by atoms with Gasteiger partial charge in [0, 0.05) is 18.0 Å². The van der Waals surface area contributed by atoms with Crippen molar-refractivity contribution in [2.24, 2.45) is 23.5 Å². The molecule has 4 heteroatoms. The maximum absolute atomic E-state index is 12.4. The summed E-state index contributed by atoms with van der Waals surface area (Å²) in [4.78, 5) is 12.4. The molecule has 2 saturated carbocycles. The van der Waals surface area contributed by atoms with E-state index in [-0.39, 0.29) is 11.8 Å². The summed E-state index contributed by atoms with van der Waals surface area (Å²) in [5, 5.41) is 3.07. The van der Waals surface area contributed by atoms with Crippen molar-refractivity contribution in [2.75, 3.05) is 13.2 Å². The van der Waals surface area contributed by atoms with Gasteiger partial charge in [-0.1, -0.05) is 24.6 Å². The Balaban J connectivity index is 1.55. The van der Waals surface area contributed by atoms with E-state index in [0.29, 0.717) is 19.0 Å². The highest BCUT2D eigenvalue weighted by atomic mass is 16.5. The second kappa shape index (κ2) is 7.14. The number of nitrogens with two attached hydrogens (primary N) is 1. The topological polar surface area (TPSA) is 64.4 Å². The molecule has 0 heterocycles. The van der Waals surface area contributed by atoms with E-state index in [1.165, 1.54) is 12.8 Å². The number of rotatable bonds is 7. The first-order valence-electron chi connectivity index (χ1n) is 8.46. The van der Waals surface area contributed by atoms with Gasteiger partial charge >= 0.3 is 0 Å². The van der Waals surface area contributed by atoms with E-state index < -0.39 is 0 Å². The molecule has 22 heavy (non-hydrogen) atoms. The Bertz CT molecular complexity index is 514. The van der Waals surface area contributed by atoms with Gasteiger partial charge in [-0.25, -0.2) is 0 Å². The number of carbonyl (C=O) groups excluding carboxylic acids is 1. The molecule has 0 unspecified atom stereocenters. The Morgan fingerprint density at radius 3 is 2.82 bits per heavy atom. The minimum absolute atomic E-state index is 0.0875. The van der Waals surface area contributed by atoms with Crippen LogP contribution in [0, 0.1) is 17.8 Å². The molecule has 120 valence electrons. The molecule has 2 aliphatic rings. The molecule has 2 aliphatic carbocycles. The van der Waals surface area contributed by atoms with Gasteiger partial charge in [0.2, 0.25) is 5.91 Å². The third-order valence-electron chi connectivity index (χ3n) is 4.90. The predicted molar refractivity (Wildman–Crippen MR) is 86.4 cm³/mol. The first-order chi connectivity index (χ1) is 10.8. The summed E-state index contributed by atoms with van der Waals surface area (Å²) in [5.41, 5.74) is 6.82. The highest BCUT2D eigenvalue weighted by Gasteiger charge is 2.31. The molecule has 0 aromatic heterocycles. The summed E-state index contributed by atoms with van der Waals surface area (Å²) in [5.74, 6) is 2.21. The van der Waals surface area contributed by atoms with E-state index in [1.54, 1.807) is 0 Å². The Morgan fingerprint density at radius 2 is 2.05 bits per heavy atom. The molecule has 1 amide bonds. The number of carbonyl (C=O) groups is 1. The van der Waals surface area contributed by atoms with Crippen LogP contribution in [0.3, 0.4) is 0 Å². The fraction of sp³-hybridized carbons (Fsp3) is 0.611. The lowest BCUT2D eigenvalue weighted by molar-refractivity contribution is -0.126. The Morgan fingerprint density at radius 1 is 1.23 bits per heavy atom. The van der Waals surface area contributed by atoms with Crippen LogP contribution in [0.2, 0.25) is 0 Å². The summed E-state index contributed by atoms with van der Waals surface area (Å²) in [6.45, 7) is 1.94. The highest BCUT2D eigenvalue weighted by molar-refractivity contribution is 5.79. The Kier molecular flexibility index (Phi) is 4.98. The standard InChI is InChI=1S/C18H26N2O2/c19-10-14-5-3-6-16(14)18(21)20-11-15-4-1-2-7-17(15)22-12-13-8-9-13/h1-2,4,7,13-14,16H,3,5-6,8-12,19H2,(H,20,21)/t14-,16-/m1/s1. The molecule has 0 bridgehead atoms. The molecule has 3 N–H and O–H groups in total. The number of hydrogen-bond donors (Lipinski definition) is 2. The second-order valence-corrected chi connectivity index (χ2v) is 6.61. The predicted octanol–water partition coefficient (Wildman–Crippen LogP) is 2.47. The number of para-hydroxylation sites is 1. The zero-order valence-corrected chi connectivity index (χ0v) is 13.1. The lowest BCUT2D eigenvalue weighted by Gasteiger charge is -2.18. The minimum Gasteiger partial charge on any atom is -0.493 e. The molecule has 0 aliphatic heterocycles. The number of benzene rings is 1. The van der Waals surface area contributed by atoms with Crippen LogP contribution in [0.25, 0.3) is 0 Å². The summed E-state index contributed by atoms with van der Waals surface area (Å²) in [6.07, 6.45) is 5.71. The Hall–Kier alpha value is -1.55. The SMILES string of the molecule is NC[C@H]1CCC[C@H]1C(=O)NCc1ccccc1OCC1CC1. The summed E-state index contributed by atoms with van der Waals surface area (Å²) >= 11 is 0. The fourth-order valence-corrected chi connectivity index (χ4v) is 3.26. The molecule has 3 rings (SSSR count). The smallest absolute Gasteiger partial charge is 0.223 e. The maximum Gasteiger partial charge on any atom is 0.223 e. The zero-order chi connectivity index (χ0) is 15.4. The molecule has 0 saturated heterocycles. The van der Waals surface area contributed by atoms with Gasteiger partial charge in [-0.3, -0.25) is 4.79 Å². The van der Waals surface area contributed by atoms with Gasteiger partial charge in [0.25, 0.3) is 0 Å². The quantitative estimate of drug-likeness (QED) is 0.813.